The van der Waals surface area contributed by atoms with Crippen molar-refractivity contribution in [3.05, 3.63) is 6.33 Å². The molecule has 10 nitrogen and oxygen atoms in total. The number of ether oxygens (including phenoxy) is 2. The SMILES string of the molecule is CO[C@H]1[C@@H](O)[C@H](n2cnc3c(N)nc(O)nc32)O[C@@H]1CO. The van der Waals surface area contributed by atoms with Crippen LogP contribution < -0.4 is 5.73 Å². The molecule has 1 aliphatic heterocycles. The minimum absolute atomic E-state index is 0.0192. The Labute approximate surface area is 118 Å². The van der Waals surface area contributed by atoms with E-state index in [0.717, 1.165) is 0 Å². The highest BCUT2D eigenvalue weighted by atomic mass is 16.6. The Morgan fingerprint density at radius 3 is 2.86 bits per heavy atom. The fourth-order valence-corrected chi connectivity index (χ4v) is 2.50. The molecule has 0 amide bonds. The van der Waals surface area contributed by atoms with Crippen LogP contribution in [0.1, 0.15) is 6.23 Å². The number of hydrogen-bond acceptors (Lipinski definition) is 9. The molecule has 0 spiro atoms. The van der Waals surface area contributed by atoms with E-state index in [2.05, 4.69) is 15.0 Å². The van der Waals surface area contributed by atoms with Crippen molar-refractivity contribution in [2.75, 3.05) is 19.5 Å². The topological polar surface area (TPSA) is 149 Å². The molecule has 0 saturated carbocycles. The van der Waals surface area contributed by atoms with Crippen molar-refractivity contribution in [2.24, 2.45) is 0 Å². The van der Waals surface area contributed by atoms with Crippen LogP contribution in [-0.2, 0) is 9.47 Å². The Kier molecular flexibility index (Phi) is 3.37. The van der Waals surface area contributed by atoms with Gasteiger partial charge < -0.3 is 30.5 Å². The highest BCUT2D eigenvalue weighted by Gasteiger charge is 2.45. The number of hydrogen-bond donors (Lipinski definition) is 4. The number of aromatic hydroxyl groups is 1. The number of nitrogens with two attached hydrogens (primary N) is 1. The third kappa shape index (κ3) is 2.08. The fraction of sp³-hybridized carbons (Fsp3) is 0.545. The number of aliphatic hydroxyl groups is 2. The van der Waals surface area contributed by atoms with Gasteiger partial charge in [0, 0.05) is 7.11 Å². The van der Waals surface area contributed by atoms with E-state index in [1.165, 1.54) is 18.0 Å². The molecule has 5 N–H and O–H groups in total. The lowest BCUT2D eigenvalue weighted by atomic mass is 10.1. The van der Waals surface area contributed by atoms with Gasteiger partial charge in [-0.05, 0) is 0 Å². The summed E-state index contributed by atoms with van der Waals surface area (Å²) in [4.78, 5) is 11.5. The predicted octanol–water partition coefficient (Wildman–Crippen LogP) is -1.62. The minimum Gasteiger partial charge on any atom is -0.479 e. The second-order valence-electron chi connectivity index (χ2n) is 4.67. The van der Waals surface area contributed by atoms with Gasteiger partial charge in [-0.1, -0.05) is 0 Å². The molecule has 21 heavy (non-hydrogen) atoms. The van der Waals surface area contributed by atoms with E-state index >= 15 is 0 Å². The first-order chi connectivity index (χ1) is 10.1. The summed E-state index contributed by atoms with van der Waals surface area (Å²) in [7, 11) is 1.42. The first-order valence-corrected chi connectivity index (χ1v) is 6.23. The average Bonchev–Trinajstić information content (AvgIpc) is 2.99. The Morgan fingerprint density at radius 1 is 1.48 bits per heavy atom. The van der Waals surface area contributed by atoms with Gasteiger partial charge in [-0.3, -0.25) is 4.57 Å². The molecule has 3 rings (SSSR count). The zero-order valence-corrected chi connectivity index (χ0v) is 11.1. The Balaban J connectivity index is 2.05. The standard InChI is InChI=1S/C11H15N5O5/c1-20-7-4(2-17)21-10(6(7)18)16-3-13-5-8(12)14-11(19)15-9(5)16/h3-4,6-7,10,17-18H,2H2,1H3,(H3,12,14,15,19)/t4-,6-,7-,10-/m1/s1. The molecular formula is C11H15N5O5. The summed E-state index contributed by atoms with van der Waals surface area (Å²) >= 11 is 0. The van der Waals surface area contributed by atoms with Gasteiger partial charge in [0.1, 0.15) is 18.3 Å². The maximum absolute atomic E-state index is 10.3. The van der Waals surface area contributed by atoms with Crippen molar-refractivity contribution in [1.29, 1.82) is 0 Å². The summed E-state index contributed by atoms with van der Waals surface area (Å²) in [6.45, 7) is -0.304. The van der Waals surface area contributed by atoms with E-state index in [4.69, 9.17) is 15.2 Å². The molecule has 1 fully saturated rings. The van der Waals surface area contributed by atoms with Crippen LogP contribution in [0, 0.1) is 0 Å². The van der Waals surface area contributed by atoms with E-state index in [0.29, 0.717) is 0 Å². The van der Waals surface area contributed by atoms with Crippen LogP contribution in [0.4, 0.5) is 5.82 Å². The van der Waals surface area contributed by atoms with Gasteiger partial charge >= 0.3 is 6.01 Å². The molecule has 0 bridgehead atoms. The first kappa shape index (κ1) is 13.9. The van der Waals surface area contributed by atoms with Crippen molar-refractivity contribution < 1.29 is 24.8 Å². The van der Waals surface area contributed by atoms with E-state index in [1.807, 2.05) is 0 Å². The smallest absolute Gasteiger partial charge is 0.317 e. The number of rotatable bonds is 3. The van der Waals surface area contributed by atoms with Crippen molar-refractivity contribution in [3.63, 3.8) is 0 Å². The quantitative estimate of drug-likeness (QED) is 0.524. The number of nitrogens with zero attached hydrogens (tertiary/aromatic N) is 4. The highest BCUT2D eigenvalue weighted by molar-refractivity contribution is 5.81. The summed E-state index contributed by atoms with van der Waals surface area (Å²) < 4.78 is 12.1. The Hall–Kier alpha value is -2.01. The Bertz CT molecular complexity index is 662. The van der Waals surface area contributed by atoms with Gasteiger partial charge in [-0.2, -0.15) is 9.97 Å². The van der Waals surface area contributed by atoms with Crippen molar-refractivity contribution in [3.8, 4) is 6.01 Å². The number of nitrogen functional groups attached to an aromatic ring is 1. The monoisotopic (exact) mass is 297 g/mol. The average molecular weight is 297 g/mol. The maximum atomic E-state index is 10.3. The van der Waals surface area contributed by atoms with Crippen LogP contribution in [0.3, 0.4) is 0 Å². The molecule has 114 valence electrons. The molecule has 3 heterocycles. The maximum Gasteiger partial charge on any atom is 0.317 e. The molecule has 1 saturated heterocycles. The Morgan fingerprint density at radius 2 is 2.24 bits per heavy atom. The van der Waals surface area contributed by atoms with Crippen LogP contribution in [0.5, 0.6) is 6.01 Å². The van der Waals surface area contributed by atoms with Crippen LogP contribution in [-0.4, -0.2) is 66.9 Å². The van der Waals surface area contributed by atoms with E-state index in [9.17, 15) is 15.3 Å². The van der Waals surface area contributed by atoms with Crippen LogP contribution in [0.2, 0.25) is 0 Å². The lowest BCUT2D eigenvalue weighted by Crippen LogP contribution is -2.35. The number of aliphatic hydroxyl groups excluding tert-OH is 2. The van der Waals surface area contributed by atoms with Crippen LogP contribution in [0.15, 0.2) is 6.33 Å². The first-order valence-electron chi connectivity index (χ1n) is 6.23. The van der Waals surface area contributed by atoms with Gasteiger partial charge in [-0.15, -0.1) is 0 Å². The van der Waals surface area contributed by atoms with E-state index < -0.39 is 30.6 Å². The van der Waals surface area contributed by atoms with Gasteiger partial charge in [0.2, 0.25) is 0 Å². The lowest BCUT2D eigenvalue weighted by Gasteiger charge is -2.17. The number of aromatic nitrogens is 4. The summed E-state index contributed by atoms with van der Waals surface area (Å²) in [6.07, 6.45) is -1.91. The molecule has 2 aromatic rings. The number of methoxy groups -OCH3 is 1. The molecule has 0 unspecified atom stereocenters. The van der Waals surface area contributed by atoms with Gasteiger partial charge in [-0.25, -0.2) is 4.98 Å². The summed E-state index contributed by atoms with van der Waals surface area (Å²) in [5.74, 6) is 0.0192. The molecule has 2 aromatic heterocycles. The number of fused-ring (bicyclic) bond motifs is 1. The lowest BCUT2D eigenvalue weighted by molar-refractivity contribution is -0.0536. The van der Waals surface area contributed by atoms with Gasteiger partial charge in [0.25, 0.3) is 0 Å². The largest absolute Gasteiger partial charge is 0.479 e. The predicted molar refractivity (Wildman–Crippen MR) is 69.2 cm³/mol. The summed E-state index contributed by atoms with van der Waals surface area (Å²) in [5.41, 5.74) is 6.16. The minimum atomic E-state index is -1.04. The molecule has 0 radical (unpaired) electrons. The molecule has 0 aromatic carbocycles. The third-order valence-electron chi connectivity index (χ3n) is 3.47. The van der Waals surface area contributed by atoms with E-state index in [1.54, 1.807) is 0 Å². The van der Waals surface area contributed by atoms with Crippen LogP contribution in [0.25, 0.3) is 11.2 Å². The fourth-order valence-electron chi connectivity index (χ4n) is 2.50. The summed E-state index contributed by atoms with van der Waals surface area (Å²) in [5, 5.41) is 29.0. The zero-order chi connectivity index (χ0) is 15.1. The third-order valence-corrected chi connectivity index (χ3v) is 3.47. The molecule has 0 aliphatic carbocycles. The second-order valence-corrected chi connectivity index (χ2v) is 4.67. The van der Waals surface area contributed by atoms with Crippen molar-refractivity contribution >= 4 is 17.0 Å². The molecule has 4 atom stereocenters. The second kappa shape index (κ2) is 5.07. The van der Waals surface area contributed by atoms with Gasteiger partial charge in [0.05, 0.1) is 12.9 Å². The normalized spacial score (nSPS) is 29.3. The van der Waals surface area contributed by atoms with Crippen molar-refractivity contribution in [2.45, 2.75) is 24.5 Å². The van der Waals surface area contributed by atoms with Gasteiger partial charge in [0.15, 0.2) is 23.2 Å². The van der Waals surface area contributed by atoms with Crippen LogP contribution >= 0.6 is 0 Å². The number of imidazole rings is 1. The van der Waals surface area contributed by atoms with Crippen molar-refractivity contribution in [1.82, 2.24) is 19.5 Å². The molecule has 10 heteroatoms. The van der Waals surface area contributed by atoms with E-state index in [-0.39, 0.29) is 23.6 Å². The summed E-state index contributed by atoms with van der Waals surface area (Å²) in [6, 6.07) is -0.503. The highest BCUT2D eigenvalue weighted by Crippen LogP contribution is 2.33. The molecular weight excluding hydrogens is 282 g/mol. The number of anilines is 1. The molecule has 1 aliphatic rings. The zero-order valence-electron chi connectivity index (χ0n) is 11.1.